The summed E-state index contributed by atoms with van der Waals surface area (Å²) in [6, 6.07) is 7.58. The zero-order valence-corrected chi connectivity index (χ0v) is 16.8. The zero-order valence-electron chi connectivity index (χ0n) is 16.8. The first-order chi connectivity index (χ1) is 11.1. The van der Waals surface area contributed by atoms with Crippen LogP contribution in [0, 0.1) is 5.41 Å². The Hall–Kier alpha value is -1.89. The van der Waals surface area contributed by atoms with E-state index in [4.69, 9.17) is 0 Å². The van der Waals surface area contributed by atoms with Gasteiger partial charge >= 0.3 is 0 Å². The fraction of sp³-hybridized carbons (Fsp3) is 0.435. The second kappa shape index (κ2) is 13.5. The highest BCUT2D eigenvalue weighted by Crippen LogP contribution is 2.16. The maximum absolute atomic E-state index is 10.4. The molecule has 0 aliphatic carbocycles. The van der Waals surface area contributed by atoms with Crippen molar-refractivity contribution in [2.45, 2.75) is 61.3 Å². The first kappa shape index (κ1) is 24.4. The number of rotatable bonds is 4. The van der Waals surface area contributed by atoms with Crippen molar-refractivity contribution in [3.05, 3.63) is 71.8 Å². The van der Waals surface area contributed by atoms with Crippen LogP contribution >= 0.6 is 0 Å². The Morgan fingerprint density at radius 1 is 1.21 bits per heavy atom. The molecule has 1 aromatic rings. The van der Waals surface area contributed by atoms with Crippen molar-refractivity contribution in [3.63, 3.8) is 0 Å². The Morgan fingerprint density at radius 3 is 2.04 bits per heavy atom. The molecule has 0 N–H and O–H groups in total. The number of hydrogen-bond donors (Lipinski definition) is 0. The average molecular weight is 329 g/mol. The van der Waals surface area contributed by atoms with Crippen LogP contribution in [0.1, 0.15) is 70.8 Å². The first-order valence-electron chi connectivity index (χ1n) is 8.53. The standard InChI is InChI=1S/C11H12O.C6H14.C6H10/c1-9(2)6-10-4-3-5-11(7-10)8-12;1-5-6(2,3)4;1-4-6(3)5-2/h3-5,7-8H,1,6H2,2H3;5H2,1-4H3;4-5H,1H2,2-3H3/b;;6-5-. The van der Waals surface area contributed by atoms with Crippen LogP contribution in [0.15, 0.2) is 60.7 Å². The summed E-state index contributed by atoms with van der Waals surface area (Å²) >= 11 is 0. The lowest BCUT2D eigenvalue weighted by atomic mass is 9.94. The molecule has 0 spiro atoms. The Kier molecular flexibility index (Phi) is 13.7. The smallest absolute Gasteiger partial charge is 0.150 e. The van der Waals surface area contributed by atoms with Crippen molar-refractivity contribution >= 4 is 6.29 Å². The van der Waals surface area contributed by atoms with Crippen molar-refractivity contribution in [3.8, 4) is 0 Å². The quantitative estimate of drug-likeness (QED) is 0.324. The van der Waals surface area contributed by atoms with Crippen molar-refractivity contribution in [1.29, 1.82) is 0 Å². The van der Waals surface area contributed by atoms with Gasteiger partial charge in [-0.25, -0.2) is 0 Å². The molecule has 0 heterocycles. The Morgan fingerprint density at radius 2 is 1.75 bits per heavy atom. The summed E-state index contributed by atoms with van der Waals surface area (Å²) in [5.41, 5.74) is 4.76. The molecule has 1 aromatic carbocycles. The van der Waals surface area contributed by atoms with Gasteiger partial charge in [0.15, 0.2) is 0 Å². The summed E-state index contributed by atoms with van der Waals surface area (Å²) in [6.45, 7) is 22.3. The van der Waals surface area contributed by atoms with E-state index in [2.05, 4.69) is 40.9 Å². The van der Waals surface area contributed by atoms with Crippen molar-refractivity contribution in [2.75, 3.05) is 0 Å². The van der Waals surface area contributed by atoms with Crippen LogP contribution in [0.4, 0.5) is 0 Å². The van der Waals surface area contributed by atoms with Gasteiger partial charge in [0, 0.05) is 5.56 Å². The highest BCUT2D eigenvalue weighted by atomic mass is 16.1. The number of aldehydes is 1. The summed E-state index contributed by atoms with van der Waals surface area (Å²) in [6.07, 6.45) is 6.84. The minimum Gasteiger partial charge on any atom is -0.298 e. The molecule has 0 aliphatic rings. The van der Waals surface area contributed by atoms with Crippen LogP contribution in [0.25, 0.3) is 0 Å². The lowest BCUT2D eigenvalue weighted by Crippen LogP contribution is -2.00. The van der Waals surface area contributed by atoms with Crippen LogP contribution in [-0.2, 0) is 6.42 Å². The fourth-order valence-electron chi connectivity index (χ4n) is 1.24. The molecule has 0 unspecified atom stereocenters. The minimum absolute atomic E-state index is 0.542. The molecule has 0 radical (unpaired) electrons. The molecular formula is C23H36O. The maximum Gasteiger partial charge on any atom is 0.150 e. The third-order valence-corrected chi connectivity index (χ3v) is 3.43. The van der Waals surface area contributed by atoms with Gasteiger partial charge < -0.3 is 0 Å². The second-order valence-electron chi connectivity index (χ2n) is 7.15. The molecule has 1 heteroatoms. The topological polar surface area (TPSA) is 17.1 Å². The van der Waals surface area contributed by atoms with Gasteiger partial charge in [-0.05, 0) is 44.2 Å². The average Bonchev–Trinajstić information content (AvgIpc) is 2.54. The van der Waals surface area contributed by atoms with Crippen LogP contribution in [0.3, 0.4) is 0 Å². The van der Waals surface area contributed by atoms with Crippen LogP contribution in [0.2, 0.25) is 0 Å². The van der Waals surface area contributed by atoms with E-state index in [1.807, 2.05) is 51.1 Å². The predicted molar refractivity (Wildman–Crippen MR) is 110 cm³/mol. The van der Waals surface area contributed by atoms with Crippen molar-refractivity contribution in [2.24, 2.45) is 5.41 Å². The van der Waals surface area contributed by atoms with E-state index in [1.54, 1.807) is 6.07 Å². The third kappa shape index (κ3) is 16.5. The van der Waals surface area contributed by atoms with Gasteiger partial charge in [0.05, 0.1) is 0 Å². The molecule has 1 rings (SSSR count). The summed E-state index contributed by atoms with van der Waals surface area (Å²) in [5.74, 6) is 0. The Labute approximate surface area is 150 Å². The van der Waals surface area contributed by atoms with Gasteiger partial charge in [-0.2, -0.15) is 0 Å². The lowest BCUT2D eigenvalue weighted by Gasteiger charge is -2.12. The van der Waals surface area contributed by atoms with E-state index in [0.717, 1.165) is 29.4 Å². The van der Waals surface area contributed by atoms with E-state index in [1.165, 1.54) is 12.0 Å². The zero-order chi connectivity index (χ0) is 19.2. The van der Waals surface area contributed by atoms with E-state index >= 15 is 0 Å². The normalized spacial score (nSPS) is 10.5. The molecule has 0 amide bonds. The fourth-order valence-corrected chi connectivity index (χ4v) is 1.24. The minimum atomic E-state index is 0.542. The first-order valence-corrected chi connectivity index (χ1v) is 8.53. The van der Waals surface area contributed by atoms with E-state index in [0.29, 0.717) is 5.41 Å². The second-order valence-corrected chi connectivity index (χ2v) is 7.15. The Bertz CT molecular complexity index is 527. The van der Waals surface area contributed by atoms with E-state index in [9.17, 15) is 4.79 Å². The third-order valence-electron chi connectivity index (χ3n) is 3.43. The SMILES string of the molecule is C=C(C)Cc1cccc(C=O)c1.C=C/C(C)=C\C.CCC(C)(C)C. The monoisotopic (exact) mass is 328 g/mol. The van der Waals surface area contributed by atoms with Gasteiger partial charge in [0.2, 0.25) is 0 Å². The molecule has 0 aliphatic heterocycles. The highest BCUT2D eigenvalue weighted by Gasteiger charge is 2.03. The predicted octanol–water partition coefficient (Wildman–Crippen LogP) is 7.20. The molecule has 0 atom stereocenters. The number of benzene rings is 1. The van der Waals surface area contributed by atoms with Gasteiger partial charge in [-0.15, -0.1) is 0 Å². The molecule has 1 nitrogen and oxygen atoms in total. The maximum atomic E-state index is 10.4. The number of carbonyl (C=O) groups is 1. The van der Waals surface area contributed by atoms with Crippen molar-refractivity contribution < 1.29 is 4.79 Å². The molecule has 24 heavy (non-hydrogen) atoms. The number of hydrogen-bond acceptors (Lipinski definition) is 1. The van der Waals surface area contributed by atoms with Crippen LogP contribution < -0.4 is 0 Å². The van der Waals surface area contributed by atoms with Gasteiger partial charge in [-0.1, -0.05) is 88.8 Å². The highest BCUT2D eigenvalue weighted by molar-refractivity contribution is 5.74. The molecule has 0 fully saturated rings. The molecule has 134 valence electrons. The van der Waals surface area contributed by atoms with Crippen molar-refractivity contribution in [1.82, 2.24) is 0 Å². The van der Waals surface area contributed by atoms with Gasteiger partial charge in [0.25, 0.3) is 0 Å². The number of carbonyl (C=O) groups excluding carboxylic acids is 1. The van der Waals surface area contributed by atoms with E-state index in [-0.39, 0.29) is 0 Å². The summed E-state index contributed by atoms with van der Waals surface area (Å²) in [5, 5.41) is 0. The lowest BCUT2D eigenvalue weighted by molar-refractivity contribution is 0.112. The van der Waals surface area contributed by atoms with Crippen LogP contribution in [-0.4, -0.2) is 6.29 Å². The largest absolute Gasteiger partial charge is 0.298 e. The summed E-state index contributed by atoms with van der Waals surface area (Å²) in [4.78, 5) is 10.4. The summed E-state index contributed by atoms with van der Waals surface area (Å²) in [7, 11) is 0. The molecule has 0 aromatic heterocycles. The van der Waals surface area contributed by atoms with Crippen LogP contribution in [0.5, 0.6) is 0 Å². The molecule has 0 saturated heterocycles. The van der Waals surface area contributed by atoms with Gasteiger partial charge in [0.1, 0.15) is 6.29 Å². The molecule has 0 saturated carbocycles. The van der Waals surface area contributed by atoms with Gasteiger partial charge in [-0.3, -0.25) is 4.79 Å². The molecule has 0 bridgehead atoms. The summed E-state index contributed by atoms with van der Waals surface area (Å²) < 4.78 is 0. The van der Waals surface area contributed by atoms with E-state index < -0.39 is 0 Å². The Balaban J connectivity index is 0. The number of allylic oxidation sites excluding steroid dienone is 4. The molecular weight excluding hydrogens is 292 g/mol.